The highest BCUT2D eigenvalue weighted by molar-refractivity contribution is 14.1. The van der Waals surface area contributed by atoms with Crippen LogP contribution in [0.2, 0.25) is 0 Å². The Morgan fingerprint density at radius 2 is 1.85 bits per heavy atom. The molecule has 0 spiro atoms. The quantitative estimate of drug-likeness (QED) is 0.222. The molecular weight excluding hydrogens is 604 g/mol. The smallest absolute Gasteiger partial charge is 0.266 e. The standard InChI is InChI=1S/C20H17I2NO2S2/c1-2-8-23-19(24)17(27-20(23)26)11-14-9-15(21)18(16(22)10-14)25-12-13-6-4-3-5-7-13/h3-7,9-11H,2,8,12H2,1H3/b17-11-. The molecule has 1 aliphatic heterocycles. The summed E-state index contributed by atoms with van der Waals surface area (Å²) >= 11 is 11.3. The van der Waals surface area contributed by atoms with Gasteiger partial charge in [0.05, 0.1) is 12.0 Å². The van der Waals surface area contributed by atoms with Crippen molar-refractivity contribution < 1.29 is 9.53 Å². The molecule has 0 atom stereocenters. The molecule has 1 amide bonds. The van der Waals surface area contributed by atoms with Crippen molar-refractivity contribution in [3.63, 3.8) is 0 Å². The van der Waals surface area contributed by atoms with Gasteiger partial charge in [-0.15, -0.1) is 0 Å². The van der Waals surface area contributed by atoms with Gasteiger partial charge in [-0.05, 0) is 80.9 Å². The van der Waals surface area contributed by atoms with Crippen molar-refractivity contribution in [3.05, 3.63) is 65.6 Å². The minimum Gasteiger partial charge on any atom is -0.487 e. The lowest BCUT2D eigenvalue weighted by molar-refractivity contribution is -0.122. The number of thioether (sulfide) groups is 1. The van der Waals surface area contributed by atoms with Gasteiger partial charge in [0.15, 0.2) is 0 Å². The molecule has 0 radical (unpaired) electrons. The number of carbonyl (C=O) groups excluding carboxylic acids is 1. The number of hydrogen-bond donors (Lipinski definition) is 0. The van der Waals surface area contributed by atoms with Gasteiger partial charge in [-0.2, -0.15) is 0 Å². The summed E-state index contributed by atoms with van der Waals surface area (Å²) < 4.78 is 8.71. The maximum atomic E-state index is 12.5. The molecule has 0 aliphatic carbocycles. The van der Waals surface area contributed by atoms with E-state index in [4.69, 9.17) is 17.0 Å². The third kappa shape index (κ3) is 5.24. The number of amides is 1. The number of nitrogens with zero attached hydrogens (tertiary/aromatic N) is 1. The molecule has 1 saturated heterocycles. The van der Waals surface area contributed by atoms with Gasteiger partial charge in [-0.1, -0.05) is 61.2 Å². The average Bonchev–Trinajstić information content (AvgIpc) is 2.90. The Morgan fingerprint density at radius 3 is 2.48 bits per heavy atom. The molecule has 0 unspecified atom stereocenters. The van der Waals surface area contributed by atoms with E-state index in [1.54, 1.807) is 4.90 Å². The third-order valence-corrected chi connectivity index (χ3v) is 6.85. The van der Waals surface area contributed by atoms with Gasteiger partial charge in [-0.3, -0.25) is 9.69 Å². The topological polar surface area (TPSA) is 29.5 Å². The first-order valence-electron chi connectivity index (χ1n) is 8.40. The Morgan fingerprint density at radius 1 is 1.19 bits per heavy atom. The molecule has 1 aliphatic rings. The average molecular weight is 621 g/mol. The predicted molar refractivity (Wildman–Crippen MR) is 133 cm³/mol. The Kier molecular flexibility index (Phi) is 7.57. The molecule has 0 bridgehead atoms. The molecule has 3 nitrogen and oxygen atoms in total. The molecular formula is C20H17I2NO2S2. The summed E-state index contributed by atoms with van der Waals surface area (Å²) in [6.45, 7) is 3.24. The van der Waals surface area contributed by atoms with Gasteiger partial charge in [0.25, 0.3) is 5.91 Å². The van der Waals surface area contributed by atoms with Gasteiger partial charge < -0.3 is 4.74 Å². The number of carbonyl (C=O) groups is 1. The molecule has 0 saturated carbocycles. The summed E-state index contributed by atoms with van der Waals surface area (Å²) in [5, 5.41) is 0. The largest absolute Gasteiger partial charge is 0.487 e. The van der Waals surface area contributed by atoms with Crippen LogP contribution in [0.15, 0.2) is 47.4 Å². The summed E-state index contributed by atoms with van der Waals surface area (Å²) in [5.41, 5.74) is 2.11. The number of hydrogen-bond acceptors (Lipinski definition) is 4. The van der Waals surface area contributed by atoms with Crippen molar-refractivity contribution in [3.8, 4) is 5.75 Å². The van der Waals surface area contributed by atoms with Crippen LogP contribution in [0, 0.1) is 7.14 Å². The van der Waals surface area contributed by atoms with Crippen LogP contribution >= 0.6 is 69.2 Å². The first-order valence-corrected chi connectivity index (χ1v) is 11.8. The fraction of sp³-hybridized carbons (Fsp3) is 0.200. The van der Waals surface area contributed by atoms with Crippen molar-refractivity contribution in [1.82, 2.24) is 4.90 Å². The molecule has 7 heteroatoms. The van der Waals surface area contributed by atoms with Crippen molar-refractivity contribution >= 4 is 85.5 Å². The summed E-state index contributed by atoms with van der Waals surface area (Å²) in [5.74, 6) is 0.872. The molecule has 3 rings (SSSR count). The second-order valence-electron chi connectivity index (χ2n) is 5.92. The zero-order chi connectivity index (χ0) is 19.4. The molecule has 0 aromatic heterocycles. The van der Waals surface area contributed by atoms with Crippen LogP contribution in [0.3, 0.4) is 0 Å². The van der Waals surface area contributed by atoms with Crippen LogP contribution in [-0.2, 0) is 11.4 Å². The fourth-order valence-electron chi connectivity index (χ4n) is 2.60. The highest BCUT2D eigenvalue weighted by atomic mass is 127. The van der Waals surface area contributed by atoms with Crippen molar-refractivity contribution in [2.75, 3.05) is 6.54 Å². The number of halogens is 2. The normalized spacial score (nSPS) is 15.7. The van der Waals surface area contributed by atoms with Gasteiger partial charge in [0, 0.05) is 6.54 Å². The molecule has 27 heavy (non-hydrogen) atoms. The van der Waals surface area contributed by atoms with E-state index in [-0.39, 0.29) is 5.91 Å². The van der Waals surface area contributed by atoms with E-state index in [0.717, 1.165) is 30.4 Å². The van der Waals surface area contributed by atoms with E-state index in [1.165, 1.54) is 11.8 Å². The Bertz CT molecular complexity index is 877. The first-order chi connectivity index (χ1) is 13.0. The lowest BCUT2D eigenvalue weighted by Crippen LogP contribution is -2.28. The van der Waals surface area contributed by atoms with Gasteiger partial charge in [0.1, 0.15) is 16.7 Å². The van der Waals surface area contributed by atoms with E-state index in [2.05, 4.69) is 45.2 Å². The SMILES string of the molecule is CCCN1C(=O)/C(=C/c2cc(I)c(OCc3ccccc3)c(I)c2)SC1=S. The molecule has 1 fully saturated rings. The highest BCUT2D eigenvalue weighted by Gasteiger charge is 2.31. The van der Waals surface area contributed by atoms with E-state index in [0.29, 0.717) is 22.4 Å². The number of benzene rings is 2. The van der Waals surface area contributed by atoms with Gasteiger partial charge in [0.2, 0.25) is 0 Å². The summed E-state index contributed by atoms with van der Waals surface area (Å²) in [6.07, 6.45) is 2.81. The van der Waals surface area contributed by atoms with Crippen molar-refractivity contribution in [2.45, 2.75) is 20.0 Å². The van der Waals surface area contributed by atoms with Gasteiger partial charge in [-0.25, -0.2) is 0 Å². The second-order valence-corrected chi connectivity index (χ2v) is 9.92. The zero-order valence-electron chi connectivity index (χ0n) is 14.6. The number of thiocarbonyl (C=S) groups is 1. The minimum atomic E-state index is 0.00118. The lowest BCUT2D eigenvalue weighted by atomic mass is 10.2. The monoisotopic (exact) mass is 621 g/mol. The minimum absolute atomic E-state index is 0.00118. The summed E-state index contributed by atoms with van der Waals surface area (Å²) in [7, 11) is 0. The van der Waals surface area contributed by atoms with Crippen molar-refractivity contribution in [1.29, 1.82) is 0 Å². The van der Waals surface area contributed by atoms with Crippen LogP contribution in [-0.4, -0.2) is 21.7 Å². The summed E-state index contributed by atoms with van der Waals surface area (Å²) in [6, 6.07) is 14.2. The Balaban J connectivity index is 1.78. The van der Waals surface area contributed by atoms with E-state index in [9.17, 15) is 4.79 Å². The maximum Gasteiger partial charge on any atom is 0.266 e. The fourth-order valence-corrected chi connectivity index (χ4v) is 6.03. The third-order valence-electron chi connectivity index (χ3n) is 3.87. The number of rotatable bonds is 6. The molecule has 2 aromatic rings. The molecule has 1 heterocycles. The first kappa shape index (κ1) is 21.1. The van der Waals surface area contributed by atoms with Gasteiger partial charge >= 0.3 is 0 Å². The lowest BCUT2D eigenvalue weighted by Gasteiger charge is -2.12. The Hall–Kier alpha value is -0.650. The predicted octanol–water partition coefficient (Wildman–Crippen LogP) is 6.09. The van der Waals surface area contributed by atoms with Crippen LogP contribution in [0.1, 0.15) is 24.5 Å². The van der Waals surface area contributed by atoms with E-state index in [1.807, 2.05) is 55.5 Å². The van der Waals surface area contributed by atoms with Crippen LogP contribution < -0.4 is 4.74 Å². The van der Waals surface area contributed by atoms with E-state index < -0.39 is 0 Å². The molecule has 140 valence electrons. The molecule has 0 N–H and O–H groups in total. The van der Waals surface area contributed by atoms with E-state index >= 15 is 0 Å². The highest BCUT2D eigenvalue weighted by Crippen LogP contribution is 2.35. The van der Waals surface area contributed by atoms with Crippen LogP contribution in [0.25, 0.3) is 6.08 Å². The summed E-state index contributed by atoms with van der Waals surface area (Å²) in [4.78, 5) is 14.9. The van der Waals surface area contributed by atoms with Crippen molar-refractivity contribution in [2.24, 2.45) is 0 Å². The molecule has 2 aromatic carbocycles. The van der Waals surface area contributed by atoms with Crippen LogP contribution in [0.5, 0.6) is 5.75 Å². The number of ether oxygens (including phenoxy) is 1. The second kappa shape index (κ2) is 9.71. The van der Waals surface area contributed by atoms with Crippen LogP contribution in [0.4, 0.5) is 0 Å². The Labute approximate surface area is 196 Å². The zero-order valence-corrected chi connectivity index (χ0v) is 20.5. The maximum absolute atomic E-state index is 12.5.